The summed E-state index contributed by atoms with van der Waals surface area (Å²) in [5, 5.41) is 0. The molecule has 1 aromatic rings. The summed E-state index contributed by atoms with van der Waals surface area (Å²) < 4.78 is 31.3. The quantitative estimate of drug-likeness (QED) is 0.611. The van der Waals surface area contributed by atoms with Crippen molar-refractivity contribution in [3.8, 4) is 0 Å². The van der Waals surface area contributed by atoms with Crippen LogP contribution in [0.15, 0.2) is 30.3 Å². The number of alkyl halides is 2. The monoisotopic (exact) mass is 280 g/mol. The molecule has 0 aliphatic rings. The number of benzene rings is 1. The third-order valence-corrected chi connectivity index (χ3v) is 3.46. The van der Waals surface area contributed by atoms with E-state index in [1.807, 2.05) is 0 Å². The predicted octanol–water partition coefficient (Wildman–Crippen LogP) is 1.17. The molecule has 5 heteroatoms. The van der Waals surface area contributed by atoms with E-state index in [0.29, 0.717) is 4.46 Å². The maximum absolute atomic E-state index is 13.2. The van der Waals surface area contributed by atoms with Gasteiger partial charge < -0.3 is 0 Å². The van der Waals surface area contributed by atoms with Gasteiger partial charge in [0.05, 0.1) is 0 Å². The second-order valence-corrected chi connectivity index (χ2v) is 5.15. The fraction of sp³-hybridized carbons (Fsp3) is 0.300. The molecule has 0 fully saturated rings. The van der Waals surface area contributed by atoms with E-state index in [0.717, 1.165) is 0 Å². The zero-order valence-corrected chi connectivity index (χ0v) is 9.79. The molecule has 0 radical (unpaired) electrons. The summed E-state index contributed by atoms with van der Waals surface area (Å²) in [6, 6.07) is 8.22. The number of hydrogen-bond donors (Lipinski definition) is 0. The van der Waals surface area contributed by atoms with Gasteiger partial charge in [-0.1, -0.05) is 0 Å². The van der Waals surface area contributed by atoms with Gasteiger partial charge >= 0.3 is 92.4 Å². The van der Waals surface area contributed by atoms with Crippen LogP contribution in [0.1, 0.15) is 6.92 Å². The molecule has 0 bridgehead atoms. The average Bonchev–Trinajstić information content (AvgIpc) is 2.19. The van der Waals surface area contributed by atoms with E-state index in [1.165, 1.54) is 6.92 Å². The Balaban J connectivity index is 2.68. The van der Waals surface area contributed by atoms with Crippen molar-refractivity contribution in [2.45, 2.75) is 11.7 Å². The Bertz CT molecular complexity index is 327. The summed E-state index contributed by atoms with van der Waals surface area (Å²) in [5.41, 5.74) is 0. The molecule has 0 aromatic heterocycles. The van der Waals surface area contributed by atoms with Gasteiger partial charge in [-0.2, -0.15) is 0 Å². The first-order valence-electron chi connectivity index (χ1n) is 4.35. The van der Waals surface area contributed by atoms with Crippen LogP contribution in [-0.2, 0) is 9.53 Å². The number of halogens is 2. The van der Waals surface area contributed by atoms with Gasteiger partial charge in [0.25, 0.3) is 0 Å². The summed E-state index contributed by atoms with van der Waals surface area (Å²) in [6.07, 6.45) is 0. The average molecular weight is 279 g/mol. The Hall–Kier alpha value is -0.931. The summed E-state index contributed by atoms with van der Waals surface area (Å²) in [4.78, 5) is 7.53. The van der Waals surface area contributed by atoms with E-state index in [1.54, 1.807) is 30.3 Å². The Morgan fingerprint density at radius 2 is 2.00 bits per heavy atom. The molecule has 0 amide bonds. The molecule has 0 saturated heterocycles. The van der Waals surface area contributed by atoms with Gasteiger partial charge in [-0.25, -0.2) is 0 Å². The van der Waals surface area contributed by atoms with Crippen LogP contribution in [0, 0.1) is 0 Å². The van der Waals surface area contributed by atoms with E-state index < -0.39 is 25.7 Å². The zero-order chi connectivity index (χ0) is 11.3. The molecule has 1 rings (SSSR count). The van der Waals surface area contributed by atoms with Crippen LogP contribution in [0.2, 0.25) is 0 Å². The molecule has 0 aliphatic heterocycles. The second kappa shape index (κ2) is 5.24. The van der Waals surface area contributed by atoms with Gasteiger partial charge in [0.15, 0.2) is 0 Å². The van der Waals surface area contributed by atoms with Gasteiger partial charge in [0, 0.05) is 0 Å². The maximum atomic E-state index is 13.2. The Morgan fingerprint density at radius 3 is 2.53 bits per heavy atom. The van der Waals surface area contributed by atoms with E-state index >= 15 is 0 Å². The molecule has 0 saturated carbocycles. The van der Waals surface area contributed by atoms with Gasteiger partial charge in [-0.05, 0) is 0 Å². The summed E-state index contributed by atoms with van der Waals surface area (Å²) in [5.74, 6) is -1.44. The van der Waals surface area contributed by atoms with E-state index in [-0.39, 0.29) is 6.61 Å². The van der Waals surface area contributed by atoms with Crippen molar-refractivity contribution < 1.29 is 18.3 Å². The normalized spacial score (nSPS) is 11.1. The van der Waals surface area contributed by atoms with Crippen molar-refractivity contribution in [3.63, 3.8) is 0 Å². The molecule has 0 spiro atoms. The predicted molar refractivity (Wildman–Crippen MR) is 53.4 cm³/mol. The van der Waals surface area contributed by atoms with E-state index in [9.17, 15) is 13.6 Å². The SMILES string of the molecule is CCOC(=O)C(F)(F)[Se]c1ccccc1. The molecule has 82 valence electrons. The van der Waals surface area contributed by atoms with E-state index in [2.05, 4.69) is 4.74 Å². The number of esters is 1. The summed E-state index contributed by atoms with van der Waals surface area (Å²) >= 11 is -1.22. The molecule has 15 heavy (non-hydrogen) atoms. The third kappa shape index (κ3) is 3.61. The van der Waals surface area contributed by atoms with Gasteiger partial charge in [0.1, 0.15) is 0 Å². The minimum absolute atomic E-state index is 0.0285. The molecule has 0 unspecified atom stereocenters. The van der Waals surface area contributed by atoms with Gasteiger partial charge in [-0.15, -0.1) is 0 Å². The van der Waals surface area contributed by atoms with Crippen LogP contribution >= 0.6 is 0 Å². The standard InChI is InChI=1S/C10H10F2O2Se/c1-2-14-9(13)10(11,12)15-8-6-4-3-5-7-8/h3-7H,2H2,1H3. The molecule has 1 aromatic carbocycles. The first kappa shape index (κ1) is 12.1. The van der Waals surface area contributed by atoms with Crippen molar-refractivity contribution in [2.24, 2.45) is 0 Å². The van der Waals surface area contributed by atoms with Crippen LogP contribution in [0.5, 0.6) is 0 Å². The zero-order valence-electron chi connectivity index (χ0n) is 8.07. The molecular weight excluding hydrogens is 269 g/mol. The van der Waals surface area contributed by atoms with Crippen molar-refractivity contribution in [1.82, 2.24) is 0 Å². The van der Waals surface area contributed by atoms with Crippen molar-refractivity contribution in [2.75, 3.05) is 6.61 Å². The third-order valence-electron chi connectivity index (χ3n) is 1.50. The number of carbonyl (C=O) groups is 1. The molecule has 2 nitrogen and oxygen atoms in total. The Kier molecular flexibility index (Phi) is 4.24. The first-order valence-corrected chi connectivity index (χ1v) is 6.06. The fourth-order valence-electron chi connectivity index (χ4n) is 0.893. The number of hydrogen-bond acceptors (Lipinski definition) is 2. The van der Waals surface area contributed by atoms with E-state index in [4.69, 9.17) is 0 Å². The number of ether oxygens (including phenoxy) is 1. The van der Waals surface area contributed by atoms with Crippen molar-refractivity contribution >= 4 is 25.4 Å². The minimum atomic E-state index is -3.38. The molecule has 0 aliphatic carbocycles. The fourth-order valence-corrected chi connectivity index (χ4v) is 2.43. The molecule has 0 N–H and O–H groups in total. The molecule has 0 atom stereocenters. The number of carbonyl (C=O) groups excluding carboxylic acids is 1. The van der Waals surface area contributed by atoms with Crippen LogP contribution in [0.3, 0.4) is 0 Å². The summed E-state index contributed by atoms with van der Waals surface area (Å²) in [6.45, 7) is 1.47. The first-order chi connectivity index (χ1) is 7.06. The summed E-state index contributed by atoms with van der Waals surface area (Å²) in [7, 11) is 0. The van der Waals surface area contributed by atoms with Gasteiger partial charge in [-0.3, -0.25) is 0 Å². The molecule has 0 heterocycles. The number of rotatable bonds is 4. The second-order valence-electron chi connectivity index (χ2n) is 2.65. The van der Waals surface area contributed by atoms with Crippen LogP contribution in [-0.4, -0.2) is 32.4 Å². The van der Waals surface area contributed by atoms with Crippen LogP contribution < -0.4 is 4.46 Å². The van der Waals surface area contributed by atoms with Crippen LogP contribution in [0.4, 0.5) is 8.78 Å². The van der Waals surface area contributed by atoms with Crippen molar-refractivity contribution in [1.29, 1.82) is 0 Å². The van der Waals surface area contributed by atoms with Crippen molar-refractivity contribution in [3.05, 3.63) is 30.3 Å². The topological polar surface area (TPSA) is 26.3 Å². The van der Waals surface area contributed by atoms with Crippen LogP contribution in [0.25, 0.3) is 0 Å². The Labute approximate surface area is 92.8 Å². The molecular formula is C10H10F2O2Se. The Morgan fingerprint density at radius 1 is 1.40 bits per heavy atom. The van der Waals surface area contributed by atoms with Gasteiger partial charge in [0.2, 0.25) is 0 Å².